The Morgan fingerprint density at radius 2 is 1.77 bits per heavy atom. The minimum absolute atomic E-state index is 0.165. The number of rotatable bonds is 3. The van der Waals surface area contributed by atoms with Gasteiger partial charge < -0.3 is 10.0 Å². The third-order valence-corrected chi connectivity index (χ3v) is 5.29. The van der Waals surface area contributed by atoms with Crippen LogP contribution in [0.15, 0.2) is 28.7 Å². The number of likely N-dealkylation sites (tertiary alicyclic amines) is 1. The van der Waals surface area contributed by atoms with Crippen LogP contribution in [0.1, 0.15) is 24.8 Å². The number of aliphatic carboxylic acids is 1. The van der Waals surface area contributed by atoms with Gasteiger partial charge in [0, 0.05) is 17.6 Å². The fraction of sp³-hybridized carbons (Fsp3) is 0.500. The largest absolute Gasteiger partial charge is 0.481 e. The maximum absolute atomic E-state index is 13.0. The van der Waals surface area contributed by atoms with Gasteiger partial charge in [-0.15, -0.1) is 0 Å². The Hall–Kier alpha value is -1.43. The maximum Gasteiger partial charge on any atom is 0.314 e. The van der Waals surface area contributed by atoms with Gasteiger partial charge in [0.2, 0.25) is 5.91 Å². The van der Waals surface area contributed by atoms with Crippen molar-refractivity contribution in [2.24, 2.45) is 5.92 Å². The fourth-order valence-electron chi connectivity index (χ4n) is 3.16. The van der Waals surface area contributed by atoms with Crippen molar-refractivity contribution in [3.05, 3.63) is 34.3 Å². The Labute approximate surface area is 136 Å². The van der Waals surface area contributed by atoms with E-state index in [1.807, 2.05) is 24.3 Å². The number of benzene rings is 1. The zero-order chi connectivity index (χ0) is 15.9. The Morgan fingerprint density at radius 3 is 2.23 bits per heavy atom. The highest BCUT2D eigenvalue weighted by molar-refractivity contribution is 9.10. The smallest absolute Gasteiger partial charge is 0.314 e. The molecule has 0 unspecified atom stereocenters. The molecule has 1 amide bonds. The molecule has 3 rings (SSSR count). The first-order valence-electron chi connectivity index (χ1n) is 7.36. The topological polar surface area (TPSA) is 57.6 Å². The summed E-state index contributed by atoms with van der Waals surface area (Å²) in [4.78, 5) is 25.5. The van der Waals surface area contributed by atoms with Crippen molar-refractivity contribution in [3.8, 4) is 0 Å². The Balaban J connectivity index is 1.76. The Bertz CT molecular complexity index is 596. The molecular weight excluding hydrogens is 353 g/mol. The van der Waals surface area contributed by atoms with Gasteiger partial charge in [-0.3, -0.25) is 9.59 Å². The van der Waals surface area contributed by atoms with Crippen molar-refractivity contribution >= 4 is 27.8 Å². The predicted molar refractivity (Wildman–Crippen MR) is 82.3 cm³/mol. The van der Waals surface area contributed by atoms with Gasteiger partial charge in [0.1, 0.15) is 6.17 Å². The summed E-state index contributed by atoms with van der Waals surface area (Å²) in [5, 5.41) is 9.72. The first-order valence-corrected chi connectivity index (χ1v) is 8.16. The number of nitrogens with zero attached hydrogens (tertiary/aromatic N) is 1. The lowest BCUT2D eigenvalue weighted by Crippen LogP contribution is -2.49. The van der Waals surface area contributed by atoms with Crippen LogP contribution in [0.2, 0.25) is 0 Å². The zero-order valence-corrected chi connectivity index (χ0v) is 13.6. The van der Waals surface area contributed by atoms with Gasteiger partial charge in [0.25, 0.3) is 0 Å². The number of halogens is 2. The number of hydrogen-bond acceptors (Lipinski definition) is 2. The summed E-state index contributed by atoms with van der Waals surface area (Å²) in [5.41, 5.74) is -0.207. The van der Waals surface area contributed by atoms with Crippen molar-refractivity contribution in [1.29, 1.82) is 0 Å². The molecule has 1 saturated carbocycles. The number of carbonyl (C=O) groups excluding carboxylic acids is 1. The number of alkyl halides is 1. The molecule has 2 atom stereocenters. The molecule has 118 valence electrons. The monoisotopic (exact) mass is 369 g/mol. The van der Waals surface area contributed by atoms with Crippen LogP contribution >= 0.6 is 15.9 Å². The maximum atomic E-state index is 13.0. The molecule has 6 heteroatoms. The van der Waals surface area contributed by atoms with Crippen LogP contribution in [0.3, 0.4) is 0 Å². The van der Waals surface area contributed by atoms with Crippen molar-refractivity contribution in [2.75, 3.05) is 13.1 Å². The molecule has 2 aliphatic rings. The molecular formula is C16H17BrFNO3. The van der Waals surface area contributed by atoms with Gasteiger partial charge in [0.15, 0.2) is 0 Å². The first-order chi connectivity index (χ1) is 10.4. The minimum atomic E-state index is -1.01. The fourth-order valence-corrected chi connectivity index (χ4v) is 3.42. The highest BCUT2D eigenvalue weighted by atomic mass is 79.9. The van der Waals surface area contributed by atoms with Crippen LogP contribution in [-0.2, 0) is 15.0 Å². The number of amides is 1. The van der Waals surface area contributed by atoms with E-state index in [1.165, 1.54) is 0 Å². The third kappa shape index (κ3) is 2.64. The standard InChI is InChI=1S/C16H17BrFNO3/c17-11-3-1-10(2-4-11)16(15(21)22)5-7-19(8-6-16)14(20)12-9-13(12)18/h1-4,12-13H,5-9H2,(H,21,22)/t12-,13+/m0/s1. The second kappa shape index (κ2) is 5.65. The van der Waals surface area contributed by atoms with E-state index in [0.29, 0.717) is 32.4 Å². The number of carboxylic acids is 1. The number of carbonyl (C=O) groups is 2. The minimum Gasteiger partial charge on any atom is -0.481 e. The van der Waals surface area contributed by atoms with E-state index in [1.54, 1.807) is 4.90 Å². The van der Waals surface area contributed by atoms with E-state index in [0.717, 1.165) is 10.0 Å². The van der Waals surface area contributed by atoms with Crippen LogP contribution in [0, 0.1) is 5.92 Å². The van der Waals surface area contributed by atoms with Gasteiger partial charge in [-0.1, -0.05) is 28.1 Å². The zero-order valence-electron chi connectivity index (χ0n) is 12.0. The SMILES string of the molecule is O=C([C@H]1C[C@H]1F)N1CCC(C(=O)O)(c2ccc(Br)cc2)CC1. The molecule has 1 heterocycles. The van der Waals surface area contributed by atoms with Gasteiger partial charge in [-0.05, 0) is 37.0 Å². The molecule has 1 aliphatic heterocycles. The summed E-state index contributed by atoms with van der Waals surface area (Å²) in [5.74, 6) is -1.52. The van der Waals surface area contributed by atoms with Gasteiger partial charge in [-0.25, -0.2) is 4.39 Å². The lowest BCUT2D eigenvalue weighted by molar-refractivity contribution is -0.148. The average Bonchev–Trinajstić information content (AvgIpc) is 3.24. The van der Waals surface area contributed by atoms with E-state index >= 15 is 0 Å². The number of carboxylic acid groups (broad SMARTS) is 1. The van der Waals surface area contributed by atoms with E-state index in [4.69, 9.17) is 0 Å². The molecule has 1 N–H and O–H groups in total. The molecule has 1 saturated heterocycles. The summed E-state index contributed by atoms with van der Waals surface area (Å²) < 4.78 is 13.9. The molecule has 4 nitrogen and oxygen atoms in total. The van der Waals surface area contributed by atoms with Crippen LogP contribution < -0.4 is 0 Å². The molecule has 0 radical (unpaired) electrons. The van der Waals surface area contributed by atoms with E-state index in [9.17, 15) is 19.1 Å². The quantitative estimate of drug-likeness (QED) is 0.890. The molecule has 1 aromatic rings. The molecule has 1 aliphatic carbocycles. The highest BCUT2D eigenvalue weighted by Crippen LogP contribution is 2.40. The van der Waals surface area contributed by atoms with Crippen molar-refractivity contribution in [3.63, 3.8) is 0 Å². The van der Waals surface area contributed by atoms with Crippen LogP contribution in [0.4, 0.5) is 4.39 Å². The first kappa shape index (κ1) is 15.5. The van der Waals surface area contributed by atoms with Crippen molar-refractivity contribution in [2.45, 2.75) is 30.8 Å². The molecule has 0 aromatic heterocycles. The van der Waals surface area contributed by atoms with Crippen LogP contribution in [-0.4, -0.2) is 41.1 Å². The summed E-state index contributed by atoms with van der Waals surface area (Å²) in [7, 11) is 0. The van der Waals surface area contributed by atoms with Crippen LogP contribution in [0.5, 0.6) is 0 Å². The van der Waals surface area contributed by atoms with Crippen molar-refractivity contribution < 1.29 is 19.1 Å². The molecule has 22 heavy (non-hydrogen) atoms. The lowest BCUT2D eigenvalue weighted by Gasteiger charge is -2.39. The highest BCUT2D eigenvalue weighted by Gasteiger charge is 2.49. The molecule has 0 bridgehead atoms. The molecule has 2 fully saturated rings. The summed E-state index contributed by atoms with van der Waals surface area (Å²) in [6.45, 7) is 0.731. The van der Waals surface area contributed by atoms with Gasteiger partial charge >= 0.3 is 5.97 Å². The summed E-state index contributed by atoms with van der Waals surface area (Å²) in [6, 6.07) is 7.28. The van der Waals surface area contributed by atoms with E-state index in [-0.39, 0.29) is 5.91 Å². The normalized spacial score (nSPS) is 26.5. The van der Waals surface area contributed by atoms with E-state index in [2.05, 4.69) is 15.9 Å². The van der Waals surface area contributed by atoms with E-state index < -0.39 is 23.5 Å². The third-order valence-electron chi connectivity index (χ3n) is 4.76. The Morgan fingerprint density at radius 1 is 1.23 bits per heavy atom. The second-order valence-corrected chi connectivity index (χ2v) is 6.99. The van der Waals surface area contributed by atoms with Gasteiger partial charge in [-0.2, -0.15) is 0 Å². The molecule has 0 spiro atoms. The van der Waals surface area contributed by atoms with Crippen molar-refractivity contribution in [1.82, 2.24) is 4.90 Å². The van der Waals surface area contributed by atoms with Crippen LogP contribution in [0.25, 0.3) is 0 Å². The summed E-state index contributed by atoms with van der Waals surface area (Å²) in [6.07, 6.45) is 0.0235. The Kier molecular flexibility index (Phi) is 3.97. The summed E-state index contributed by atoms with van der Waals surface area (Å²) >= 11 is 3.35. The predicted octanol–water partition coefficient (Wildman–Crippen LogP) is 2.75. The molecule has 1 aromatic carbocycles. The van der Waals surface area contributed by atoms with Gasteiger partial charge in [0.05, 0.1) is 11.3 Å². The average molecular weight is 370 g/mol. The second-order valence-electron chi connectivity index (χ2n) is 6.08. The number of hydrogen-bond donors (Lipinski definition) is 1. The number of piperidine rings is 1. The lowest BCUT2D eigenvalue weighted by atomic mass is 9.73.